The molecule has 0 N–H and O–H groups in total. The van der Waals surface area contributed by atoms with E-state index in [1.165, 1.54) is 26.6 Å². The highest BCUT2D eigenvalue weighted by Gasteiger charge is 2.70. The van der Waals surface area contributed by atoms with Crippen LogP contribution in [0.4, 0.5) is 8.78 Å². The Morgan fingerprint density at radius 2 is 1.82 bits per heavy atom. The molecule has 1 amide bonds. The molecule has 3 atom stereocenters. The average Bonchev–Trinajstić information content (AvgIpc) is 2.85. The molecule has 1 heterocycles. The van der Waals surface area contributed by atoms with E-state index in [0.29, 0.717) is 6.29 Å². The minimum Gasteiger partial charge on any atom is -0.303 e. The van der Waals surface area contributed by atoms with Crippen molar-refractivity contribution in [2.24, 2.45) is 11.3 Å². The van der Waals surface area contributed by atoms with Gasteiger partial charge in [-0.15, -0.1) is 0 Å². The number of sulfonamides is 1. The van der Waals surface area contributed by atoms with Gasteiger partial charge in [0.15, 0.2) is 0 Å². The number of hydrogen-bond acceptors (Lipinski definition) is 4. The van der Waals surface area contributed by atoms with E-state index in [-0.39, 0.29) is 38.0 Å². The van der Waals surface area contributed by atoms with Crippen molar-refractivity contribution in [2.75, 3.05) is 0 Å². The highest BCUT2D eigenvalue weighted by atomic mass is 32.2. The molecule has 1 aliphatic rings. The molecular formula is C19H35F2NO4SSi. The third kappa shape index (κ3) is 3.93. The van der Waals surface area contributed by atoms with Crippen molar-refractivity contribution in [3.05, 3.63) is 0 Å². The summed E-state index contributed by atoms with van der Waals surface area (Å²) in [6.45, 7) is 11.2. The molecule has 28 heavy (non-hydrogen) atoms. The summed E-state index contributed by atoms with van der Waals surface area (Å²) < 4.78 is 58.6. The Kier molecular flexibility index (Phi) is 7.65. The first kappa shape index (κ1) is 25.2. The molecule has 1 saturated heterocycles. The second-order valence-corrected chi connectivity index (χ2v) is 16.4. The SMILES string of the molecule is CCC(C(C)C)S(=O)(=O)N1C(=O)C(CC)(C(F)(F)[Si](C)(C)C)C[C@H]1CCC=O. The molecule has 1 rings (SSSR count). The van der Waals surface area contributed by atoms with Crippen LogP contribution in [0.25, 0.3) is 0 Å². The summed E-state index contributed by atoms with van der Waals surface area (Å²) in [7, 11) is -7.25. The lowest BCUT2D eigenvalue weighted by molar-refractivity contribution is -0.146. The van der Waals surface area contributed by atoms with Crippen LogP contribution in [0.1, 0.15) is 59.8 Å². The average molecular weight is 440 g/mol. The fraction of sp³-hybridized carbons (Fsp3) is 0.895. The van der Waals surface area contributed by atoms with Crippen LogP contribution >= 0.6 is 0 Å². The number of nitrogens with zero attached hydrogens (tertiary/aromatic N) is 1. The summed E-state index contributed by atoms with van der Waals surface area (Å²) in [4.78, 5) is 24.3. The molecule has 0 spiro atoms. The van der Waals surface area contributed by atoms with Crippen molar-refractivity contribution in [3.8, 4) is 0 Å². The van der Waals surface area contributed by atoms with Crippen LogP contribution in [0, 0.1) is 11.3 Å². The molecular weight excluding hydrogens is 404 g/mol. The number of carbonyl (C=O) groups is 2. The van der Waals surface area contributed by atoms with E-state index in [1.807, 2.05) is 0 Å². The van der Waals surface area contributed by atoms with Gasteiger partial charge >= 0.3 is 0 Å². The van der Waals surface area contributed by atoms with Crippen molar-refractivity contribution < 1.29 is 26.8 Å². The molecule has 0 bridgehead atoms. The number of rotatable bonds is 10. The van der Waals surface area contributed by atoms with Crippen molar-refractivity contribution >= 4 is 30.3 Å². The maximum absolute atomic E-state index is 15.6. The van der Waals surface area contributed by atoms with Crippen LogP contribution in [0.15, 0.2) is 0 Å². The summed E-state index contributed by atoms with van der Waals surface area (Å²) in [5.41, 5.74) is -5.30. The number of amides is 1. The van der Waals surface area contributed by atoms with Gasteiger partial charge in [-0.2, -0.15) is 0 Å². The summed E-state index contributed by atoms with van der Waals surface area (Å²) in [6.07, 6.45) is 0.658. The van der Waals surface area contributed by atoms with E-state index in [2.05, 4.69) is 0 Å². The Morgan fingerprint density at radius 3 is 2.18 bits per heavy atom. The van der Waals surface area contributed by atoms with Crippen LogP contribution in [-0.4, -0.2) is 49.8 Å². The molecule has 1 aliphatic heterocycles. The quantitative estimate of drug-likeness (QED) is 0.377. The first-order valence-corrected chi connectivity index (χ1v) is 15.0. The van der Waals surface area contributed by atoms with E-state index < -0.39 is 46.3 Å². The van der Waals surface area contributed by atoms with Gasteiger partial charge in [-0.1, -0.05) is 47.3 Å². The molecule has 9 heteroatoms. The first-order chi connectivity index (χ1) is 12.7. The van der Waals surface area contributed by atoms with Crippen LogP contribution in [0.3, 0.4) is 0 Å². The Labute approximate surface area is 169 Å². The minimum atomic E-state index is -4.12. The van der Waals surface area contributed by atoms with Gasteiger partial charge in [0.05, 0.1) is 5.25 Å². The predicted molar refractivity (Wildman–Crippen MR) is 109 cm³/mol. The number of carbonyl (C=O) groups excluding carboxylic acids is 2. The van der Waals surface area contributed by atoms with Gasteiger partial charge in [0.25, 0.3) is 0 Å². The Morgan fingerprint density at radius 1 is 1.29 bits per heavy atom. The van der Waals surface area contributed by atoms with Crippen molar-refractivity contribution in [1.29, 1.82) is 0 Å². The van der Waals surface area contributed by atoms with Crippen LogP contribution in [0.2, 0.25) is 19.6 Å². The molecule has 0 radical (unpaired) electrons. The van der Waals surface area contributed by atoms with Gasteiger partial charge < -0.3 is 4.79 Å². The fourth-order valence-electron chi connectivity index (χ4n) is 4.42. The number of alkyl halides is 2. The largest absolute Gasteiger partial charge is 0.303 e. The highest BCUT2D eigenvalue weighted by molar-refractivity contribution is 7.90. The first-order valence-electron chi connectivity index (χ1n) is 10.0. The van der Waals surface area contributed by atoms with Gasteiger partial charge in [-0.25, -0.2) is 21.5 Å². The molecule has 1 fully saturated rings. The van der Waals surface area contributed by atoms with Crippen LogP contribution < -0.4 is 0 Å². The monoisotopic (exact) mass is 439 g/mol. The summed E-state index contributed by atoms with van der Waals surface area (Å²) in [5.74, 6) is -1.25. The molecule has 0 aliphatic carbocycles. The van der Waals surface area contributed by atoms with Gasteiger partial charge in [0.2, 0.25) is 21.5 Å². The fourth-order valence-corrected chi connectivity index (χ4v) is 8.65. The lowest BCUT2D eigenvalue weighted by Crippen LogP contribution is -2.60. The van der Waals surface area contributed by atoms with E-state index in [9.17, 15) is 18.0 Å². The Hall–Kier alpha value is -0.833. The summed E-state index contributed by atoms with van der Waals surface area (Å²) in [5, 5.41) is -0.830. The van der Waals surface area contributed by atoms with Gasteiger partial charge in [-0.3, -0.25) is 4.79 Å². The zero-order valence-corrected chi connectivity index (χ0v) is 19.9. The standard InChI is InChI=1S/C19H35F2NO4SSi/c1-8-16(14(3)4)27(25,26)22-15(11-10-12-23)13-18(9-2,17(22)24)19(20,21)28(5,6)7/h12,14-16H,8-11,13H2,1-7H3/t15-,16?,18?/m1/s1. The molecule has 0 aromatic rings. The molecule has 0 aromatic carbocycles. The lowest BCUT2D eigenvalue weighted by atomic mass is 9.81. The lowest BCUT2D eigenvalue weighted by Gasteiger charge is -2.42. The number of hydrogen-bond donors (Lipinski definition) is 0. The van der Waals surface area contributed by atoms with Gasteiger partial charge in [-0.05, 0) is 31.6 Å². The van der Waals surface area contributed by atoms with Crippen molar-refractivity contribution in [2.45, 2.75) is 96.3 Å². The maximum atomic E-state index is 15.6. The van der Waals surface area contributed by atoms with Crippen LogP contribution in [-0.2, 0) is 19.6 Å². The zero-order valence-electron chi connectivity index (χ0n) is 18.1. The Balaban J connectivity index is 3.63. The van der Waals surface area contributed by atoms with E-state index in [0.717, 1.165) is 4.31 Å². The van der Waals surface area contributed by atoms with Crippen molar-refractivity contribution in [3.63, 3.8) is 0 Å². The topological polar surface area (TPSA) is 71.5 Å². The van der Waals surface area contributed by atoms with Gasteiger partial charge in [0, 0.05) is 12.5 Å². The van der Waals surface area contributed by atoms with E-state index in [1.54, 1.807) is 20.8 Å². The second-order valence-electron chi connectivity index (χ2n) is 9.20. The molecule has 0 aromatic heterocycles. The minimum absolute atomic E-state index is 0.0285. The molecule has 5 nitrogen and oxygen atoms in total. The molecule has 0 saturated carbocycles. The maximum Gasteiger partial charge on any atom is 0.248 e. The zero-order chi connectivity index (χ0) is 22.1. The highest BCUT2D eigenvalue weighted by Crippen LogP contribution is 2.55. The summed E-state index contributed by atoms with van der Waals surface area (Å²) >= 11 is 0. The molecule has 2 unspecified atom stereocenters. The Bertz CT molecular complexity index is 691. The predicted octanol–water partition coefficient (Wildman–Crippen LogP) is 4.24. The third-order valence-electron chi connectivity index (χ3n) is 6.09. The molecule has 164 valence electrons. The van der Waals surface area contributed by atoms with E-state index in [4.69, 9.17) is 0 Å². The number of aldehydes is 1. The van der Waals surface area contributed by atoms with E-state index >= 15 is 8.78 Å². The smallest absolute Gasteiger partial charge is 0.248 e. The van der Waals surface area contributed by atoms with Crippen LogP contribution in [0.5, 0.6) is 0 Å². The second kappa shape index (κ2) is 8.50. The summed E-state index contributed by atoms with van der Waals surface area (Å²) in [6, 6.07) is -0.905. The van der Waals surface area contributed by atoms with Gasteiger partial charge in [0.1, 0.15) is 19.8 Å². The number of halogens is 2. The third-order valence-corrected chi connectivity index (χ3v) is 11.1. The normalized spacial score (nSPS) is 25.4. The van der Waals surface area contributed by atoms with Crippen molar-refractivity contribution in [1.82, 2.24) is 4.31 Å².